The number of hydrogen-bond acceptors (Lipinski definition) is 3. The molecular weight excluding hydrogens is 252 g/mol. The van der Waals surface area contributed by atoms with Crippen molar-refractivity contribution in [1.82, 2.24) is 0 Å². The molecule has 0 aliphatic rings. The van der Waals surface area contributed by atoms with Crippen LogP contribution in [0.4, 0.5) is 0 Å². The smallest absolute Gasteiger partial charge is 0.103 e. The van der Waals surface area contributed by atoms with Crippen molar-refractivity contribution < 1.29 is 15.3 Å². The minimum Gasteiger partial charge on any atom is -0.394 e. The molecule has 0 amide bonds. The summed E-state index contributed by atoms with van der Waals surface area (Å²) in [4.78, 5) is 0. The lowest BCUT2D eigenvalue weighted by Gasteiger charge is -2.14. The summed E-state index contributed by atoms with van der Waals surface area (Å²) >= 11 is 0. The fourth-order valence-electron chi connectivity index (χ4n) is 2.37. The minimum absolute atomic E-state index is 0.353. The van der Waals surface area contributed by atoms with Gasteiger partial charge in [0.25, 0.3) is 0 Å². The van der Waals surface area contributed by atoms with Gasteiger partial charge in [-0.05, 0) is 19.3 Å². The topological polar surface area (TPSA) is 60.7 Å². The first-order chi connectivity index (χ1) is 9.72. The Morgan fingerprint density at radius 3 is 1.60 bits per heavy atom. The van der Waals surface area contributed by atoms with Gasteiger partial charge in [0.15, 0.2) is 0 Å². The van der Waals surface area contributed by atoms with Crippen LogP contribution in [-0.4, -0.2) is 34.1 Å². The van der Waals surface area contributed by atoms with E-state index >= 15 is 0 Å². The average molecular weight is 286 g/mol. The molecular formula is C17H34O3. The van der Waals surface area contributed by atoms with Crippen LogP contribution < -0.4 is 0 Å². The quantitative estimate of drug-likeness (QED) is 0.318. The fourth-order valence-corrected chi connectivity index (χ4v) is 2.37. The summed E-state index contributed by atoms with van der Waals surface area (Å²) < 4.78 is 0. The van der Waals surface area contributed by atoms with Crippen LogP contribution in [-0.2, 0) is 0 Å². The monoisotopic (exact) mass is 286 g/mol. The van der Waals surface area contributed by atoms with Gasteiger partial charge in [0.2, 0.25) is 0 Å². The standard InChI is InChI=1S/C17H34O3/c1-2-3-4-5-6-7-8-9-10-11-12-13-14-16(19)17(20)15-18/h2,16-20H,1,3-15H2. The molecule has 0 saturated carbocycles. The highest BCUT2D eigenvalue weighted by Crippen LogP contribution is 2.13. The van der Waals surface area contributed by atoms with Crippen molar-refractivity contribution >= 4 is 0 Å². The van der Waals surface area contributed by atoms with Crippen LogP contribution in [0.15, 0.2) is 12.7 Å². The molecule has 2 atom stereocenters. The fraction of sp³-hybridized carbons (Fsp3) is 0.882. The molecule has 0 aliphatic heterocycles. The van der Waals surface area contributed by atoms with Crippen LogP contribution in [0.5, 0.6) is 0 Å². The van der Waals surface area contributed by atoms with Gasteiger partial charge in [-0.25, -0.2) is 0 Å². The SMILES string of the molecule is C=CCCCCCCCCCCCCC(O)C(O)CO. The number of rotatable bonds is 15. The zero-order chi connectivity index (χ0) is 15.1. The second-order valence-corrected chi connectivity index (χ2v) is 5.72. The normalized spacial score (nSPS) is 14.2. The molecule has 0 rings (SSSR count). The van der Waals surface area contributed by atoms with Gasteiger partial charge in [-0.1, -0.05) is 63.9 Å². The lowest BCUT2D eigenvalue weighted by atomic mass is 10.0. The van der Waals surface area contributed by atoms with Gasteiger partial charge in [0.1, 0.15) is 6.10 Å². The molecule has 0 heterocycles. The molecule has 0 fully saturated rings. The molecule has 0 bridgehead atoms. The summed E-state index contributed by atoms with van der Waals surface area (Å²) in [6.07, 6.45) is 14.5. The van der Waals surface area contributed by atoms with Crippen molar-refractivity contribution in [2.45, 2.75) is 89.3 Å². The van der Waals surface area contributed by atoms with Crippen LogP contribution in [0.25, 0.3) is 0 Å². The largest absolute Gasteiger partial charge is 0.394 e. The van der Waals surface area contributed by atoms with Crippen molar-refractivity contribution in [3.8, 4) is 0 Å². The van der Waals surface area contributed by atoms with Gasteiger partial charge >= 0.3 is 0 Å². The molecule has 0 aromatic carbocycles. The maximum Gasteiger partial charge on any atom is 0.103 e. The average Bonchev–Trinajstić information content (AvgIpc) is 2.47. The van der Waals surface area contributed by atoms with E-state index in [1.807, 2.05) is 6.08 Å². The molecule has 3 heteroatoms. The van der Waals surface area contributed by atoms with E-state index in [0.29, 0.717) is 6.42 Å². The number of allylic oxidation sites excluding steroid dienone is 1. The Kier molecular flexibility index (Phi) is 14.7. The van der Waals surface area contributed by atoms with Crippen LogP contribution in [0.3, 0.4) is 0 Å². The maximum atomic E-state index is 9.46. The number of aliphatic hydroxyl groups excluding tert-OH is 3. The molecule has 0 spiro atoms. The number of aliphatic hydroxyl groups is 3. The van der Waals surface area contributed by atoms with E-state index in [2.05, 4.69) is 6.58 Å². The zero-order valence-corrected chi connectivity index (χ0v) is 13.0. The van der Waals surface area contributed by atoms with Gasteiger partial charge in [0.05, 0.1) is 12.7 Å². The van der Waals surface area contributed by atoms with E-state index in [1.165, 1.54) is 51.4 Å². The molecule has 20 heavy (non-hydrogen) atoms. The first-order valence-electron chi connectivity index (χ1n) is 8.30. The summed E-state index contributed by atoms with van der Waals surface area (Å²) in [7, 11) is 0. The van der Waals surface area contributed by atoms with Crippen LogP contribution >= 0.6 is 0 Å². The van der Waals surface area contributed by atoms with Crippen LogP contribution in [0.2, 0.25) is 0 Å². The molecule has 3 nitrogen and oxygen atoms in total. The maximum absolute atomic E-state index is 9.46. The second-order valence-electron chi connectivity index (χ2n) is 5.72. The predicted molar refractivity (Wildman–Crippen MR) is 84.7 cm³/mol. The molecule has 0 aliphatic carbocycles. The molecule has 0 radical (unpaired) electrons. The van der Waals surface area contributed by atoms with Gasteiger partial charge in [-0.15, -0.1) is 6.58 Å². The first-order valence-corrected chi connectivity index (χ1v) is 8.30. The minimum atomic E-state index is -0.976. The molecule has 120 valence electrons. The number of unbranched alkanes of at least 4 members (excludes halogenated alkanes) is 10. The van der Waals surface area contributed by atoms with Crippen molar-refractivity contribution in [2.75, 3.05) is 6.61 Å². The van der Waals surface area contributed by atoms with Gasteiger partial charge < -0.3 is 15.3 Å². The lowest BCUT2D eigenvalue weighted by Crippen LogP contribution is -2.28. The van der Waals surface area contributed by atoms with E-state index in [9.17, 15) is 10.2 Å². The highest BCUT2D eigenvalue weighted by atomic mass is 16.4. The van der Waals surface area contributed by atoms with Crippen molar-refractivity contribution in [1.29, 1.82) is 0 Å². The molecule has 3 N–H and O–H groups in total. The Bertz CT molecular complexity index is 206. The molecule has 0 aromatic heterocycles. The summed E-state index contributed by atoms with van der Waals surface area (Å²) in [5, 5.41) is 27.3. The molecule has 0 saturated heterocycles. The second kappa shape index (κ2) is 15.0. The van der Waals surface area contributed by atoms with Gasteiger partial charge in [-0.2, -0.15) is 0 Å². The first kappa shape index (κ1) is 19.6. The van der Waals surface area contributed by atoms with Crippen LogP contribution in [0, 0.1) is 0 Å². The third-order valence-electron chi connectivity index (χ3n) is 3.79. The Morgan fingerprint density at radius 2 is 1.15 bits per heavy atom. The Morgan fingerprint density at radius 1 is 0.700 bits per heavy atom. The highest BCUT2D eigenvalue weighted by molar-refractivity contribution is 4.66. The third-order valence-corrected chi connectivity index (χ3v) is 3.79. The van der Waals surface area contributed by atoms with E-state index < -0.39 is 12.2 Å². The van der Waals surface area contributed by atoms with Gasteiger partial charge in [0, 0.05) is 0 Å². The summed E-state index contributed by atoms with van der Waals surface area (Å²) in [5.74, 6) is 0. The molecule has 2 unspecified atom stereocenters. The summed E-state index contributed by atoms with van der Waals surface area (Å²) in [5.41, 5.74) is 0. The highest BCUT2D eigenvalue weighted by Gasteiger charge is 2.13. The number of hydrogen-bond donors (Lipinski definition) is 3. The van der Waals surface area contributed by atoms with E-state index in [4.69, 9.17) is 5.11 Å². The zero-order valence-electron chi connectivity index (χ0n) is 13.0. The molecule has 0 aromatic rings. The Balaban J connectivity index is 3.11. The third kappa shape index (κ3) is 12.6. The van der Waals surface area contributed by atoms with Gasteiger partial charge in [-0.3, -0.25) is 0 Å². The van der Waals surface area contributed by atoms with E-state index in [0.717, 1.165) is 19.3 Å². The predicted octanol–water partition coefficient (Wildman–Crippen LogP) is 3.57. The van der Waals surface area contributed by atoms with Crippen molar-refractivity contribution in [2.24, 2.45) is 0 Å². The van der Waals surface area contributed by atoms with E-state index in [-0.39, 0.29) is 6.61 Å². The van der Waals surface area contributed by atoms with Crippen molar-refractivity contribution in [3.05, 3.63) is 12.7 Å². The Hall–Kier alpha value is -0.380. The van der Waals surface area contributed by atoms with E-state index in [1.54, 1.807) is 0 Å². The Labute approximate surface area is 124 Å². The summed E-state index contributed by atoms with van der Waals surface area (Å²) in [6, 6.07) is 0. The van der Waals surface area contributed by atoms with Crippen molar-refractivity contribution in [3.63, 3.8) is 0 Å². The lowest BCUT2D eigenvalue weighted by molar-refractivity contribution is -0.0185. The van der Waals surface area contributed by atoms with Crippen LogP contribution in [0.1, 0.15) is 77.0 Å². The summed E-state index contributed by atoms with van der Waals surface area (Å²) in [6.45, 7) is 3.37.